The quantitative estimate of drug-likeness (QED) is 0.763. The summed E-state index contributed by atoms with van der Waals surface area (Å²) in [6.07, 6.45) is 2.23. The largest absolute Gasteiger partial charge is 0.490 e. The first-order valence-electron chi connectivity index (χ1n) is 8.68. The number of hydrogen-bond acceptors (Lipinski definition) is 3. The van der Waals surface area contributed by atoms with Crippen LogP contribution >= 0.6 is 0 Å². The van der Waals surface area contributed by atoms with Gasteiger partial charge in [-0.25, -0.2) is 0 Å². The van der Waals surface area contributed by atoms with Gasteiger partial charge in [0.25, 0.3) is 0 Å². The van der Waals surface area contributed by atoms with E-state index >= 15 is 0 Å². The number of aryl methyl sites for hydroxylation is 2. The fourth-order valence-corrected chi connectivity index (χ4v) is 3.25. The van der Waals surface area contributed by atoms with Gasteiger partial charge in [-0.3, -0.25) is 4.79 Å². The SMILES string of the molecule is Cc1ccc(OC(C)C)c(C(=O)CN2CCCc3ccccc32)c1. The molecule has 3 heteroatoms. The van der Waals surface area contributed by atoms with Crippen LogP contribution in [0.25, 0.3) is 0 Å². The number of fused-ring (bicyclic) bond motifs is 1. The van der Waals surface area contributed by atoms with Crippen LogP contribution in [-0.4, -0.2) is 25.0 Å². The molecular weight excluding hydrogens is 298 g/mol. The summed E-state index contributed by atoms with van der Waals surface area (Å²) in [4.78, 5) is 15.2. The molecule has 0 amide bonds. The number of ether oxygens (including phenoxy) is 1. The number of benzene rings is 2. The van der Waals surface area contributed by atoms with Gasteiger partial charge in [-0.2, -0.15) is 0 Å². The molecule has 1 aliphatic heterocycles. The summed E-state index contributed by atoms with van der Waals surface area (Å²) < 4.78 is 5.84. The highest BCUT2D eigenvalue weighted by atomic mass is 16.5. The Bertz CT molecular complexity index is 736. The minimum Gasteiger partial charge on any atom is -0.490 e. The Kier molecular flexibility index (Phi) is 4.89. The van der Waals surface area contributed by atoms with E-state index in [0.717, 1.165) is 24.9 Å². The zero-order chi connectivity index (χ0) is 17.1. The van der Waals surface area contributed by atoms with Gasteiger partial charge in [0.1, 0.15) is 5.75 Å². The number of anilines is 1. The van der Waals surface area contributed by atoms with Crippen LogP contribution in [0.4, 0.5) is 5.69 Å². The smallest absolute Gasteiger partial charge is 0.185 e. The molecule has 0 bridgehead atoms. The Morgan fingerprint density at radius 3 is 2.79 bits per heavy atom. The maximum Gasteiger partial charge on any atom is 0.185 e. The molecule has 1 heterocycles. The summed E-state index contributed by atoms with van der Waals surface area (Å²) >= 11 is 0. The van der Waals surface area contributed by atoms with E-state index in [2.05, 4.69) is 23.1 Å². The average molecular weight is 323 g/mol. The Morgan fingerprint density at radius 1 is 1.21 bits per heavy atom. The maximum atomic E-state index is 13.0. The highest BCUT2D eigenvalue weighted by Crippen LogP contribution is 2.28. The summed E-state index contributed by atoms with van der Waals surface area (Å²) in [7, 11) is 0. The van der Waals surface area contributed by atoms with Crippen molar-refractivity contribution in [1.29, 1.82) is 0 Å². The minimum absolute atomic E-state index is 0.0509. The van der Waals surface area contributed by atoms with E-state index in [1.807, 2.05) is 45.0 Å². The summed E-state index contributed by atoms with van der Waals surface area (Å²) in [5, 5.41) is 0. The predicted molar refractivity (Wildman–Crippen MR) is 98.2 cm³/mol. The Labute approximate surface area is 144 Å². The first kappa shape index (κ1) is 16.6. The standard InChI is InChI=1S/C21H25NO2/c1-15(2)24-21-11-10-16(3)13-18(21)20(23)14-22-12-6-8-17-7-4-5-9-19(17)22/h4-5,7,9-11,13,15H,6,8,12,14H2,1-3H3. The molecule has 0 N–H and O–H groups in total. The molecule has 0 saturated heterocycles. The van der Waals surface area contributed by atoms with E-state index in [1.54, 1.807) is 0 Å². The van der Waals surface area contributed by atoms with Gasteiger partial charge in [0.2, 0.25) is 0 Å². The number of rotatable bonds is 5. The van der Waals surface area contributed by atoms with Crippen LogP contribution in [-0.2, 0) is 6.42 Å². The maximum absolute atomic E-state index is 13.0. The van der Waals surface area contributed by atoms with Crippen molar-refractivity contribution >= 4 is 11.5 Å². The van der Waals surface area contributed by atoms with Gasteiger partial charge >= 0.3 is 0 Å². The number of Topliss-reactive ketones (excluding diaryl/α,β-unsaturated/α-hetero) is 1. The van der Waals surface area contributed by atoms with E-state index in [0.29, 0.717) is 17.9 Å². The van der Waals surface area contributed by atoms with Crippen LogP contribution in [0.2, 0.25) is 0 Å². The van der Waals surface area contributed by atoms with Gasteiger partial charge in [0.05, 0.1) is 18.2 Å². The second-order valence-corrected chi connectivity index (χ2v) is 6.74. The van der Waals surface area contributed by atoms with Gasteiger partial charge in [-0.05, 0) is 57.4 Å². The second-order valence-electron chi connectivity index (χ2n) is 6.74. The summed E-state index contributed by atoms with van der Waals surface area (Å²) in [5.41, 5.74) is 4.29. The number of carbonyl (C=O) groups excluding carboxylic acids is 1. The third-order valence-electron chi connectivity index (χ3n) is 4.34. The first-order valence-corrected chi connectivity index (χ1v) is 8.68. The van der Waals surface area contributed by atoms with Gasteiger partial charge in [0.15, 0.2) is 5.78 Å². The minimum atomic E-state index is 0.0509. The first-order chi connectivity index (χ1) is 11.5. The molecule has 0 spiro atoms. The molecule has 0 saturated carbocycles. The lowest BCUT2D eigenvalue weighted by molar-refractivity contribution is 0.0993. The molecule has 0 atom stereocenters. The summed E-state index contributed by atoms with van der Waals surface area (Å²) in [5.74, 6) is 0.803. The molecule has 24 heavy (non-hydrogen) atoms. The summed E-state index contributed by atoms with van der Waals surface area (Å²) in [6.45, 7) is 7.29. The van der Waals surface area contributed by atoms with Crippen molar-refractivity contribution in [1.82, 2.24) is 0 Å². The van der Waals surface area contributed by atoms with Gasteiger partial charge in [0, 0.05) is 12.2 Å². The van der Waals surface area contributed by atoms with Crippen molar-refractivity contribution in [2.24, 2.45) is 0 Å². The monoisotopic (exact) mass is 323 g/mol. The van der Waals surface area contributed by atoms with Crippen molar-refractivity contribution in [3.8, 4) is 5.75 Å². The molecule has 0 unspecified atom stereocenters. The Hall–Kier alpha value is -2.29. The third kappa shape index (κ3) is 3.61. The zero-order valence-corrected chi connectivity index (χ0v) is 14.7. The molecule has 1 aliphatic rings. The molecule has 0 aliphatic carbocycles. The predicted octanol–water partition coefficient (Wildman–Crippen LogP) is 4.42. The number of carbonyl (C=O) groups is 1. The topological polar surface area (TPSA) is 29.5 Å². The van der Waals surface area contributed by atoms with Gasteiger partial charge in [-0.1, -0.05) is 29.8 Å². The number of hydrogen-bond donors (Lipinski definition) is 0. The van der Waals surface area contributed by atoms with E-state index in [4.69, 9.17) is 4.74 Å². The van der Waals surface area contributed by atoms with Crippen molar-refractivity contribution in [3.63, 3.8) is 0 Å². The second kappa shape index (κ2) is 7.08. The number of para-hydroxylation sites is 1. The van der Waals surface area contributed by atoms with Crippen LogP contribution in [0.3, 0.4) is 0 Å². The van der Waals surface area contributed by atoms with Crippen molar-refractivity contribution < 1.29 is 9.53 Å². The molecule has 0 radical (unpaired) electrons. The fourth-order valence-electron chi connectivity index (χ4n) is 3.25. The molecule has 0 fully saturated rings. The molecule has 0 aromatic heterocycles. The molecule has 2 aromatic rings. The molecule has 126 valence electrons. The molecule has 3 nitrogen and oxygen atoms in total. The third-order valence-corrected chi connectivity index (χ3v) is 4.34. The van der Waals surface area contributed by atoms with E-state index < -0.39 is 0 Å². The zero-order valence-electron chi connectivity index (χ0n) is 14.7. The fraction of sp³-hybridized carbons (Fsp3) is 0.381. The van der Waals surface area contributed by atoms with Crippen molar-refractivity contribution in [2.75, 3.05) is 18.0 Å². The van der Waals surface area contributed by atoms with E-state index in [1.165, 1.54) is 11.3 Å². The van der Waals surface area contributed by atoms with E-state index in [9.17, 15) is 4.79 Å². The summed E-state index contributed by atoms with van der Waals surface area (Å²) in [6, 6.07) is 14.2. The van der Waals surface area contributed by atoms with Crippen molar-refractivity contribution in [2.45, 2.75) is 39.7 Å². The lowest BCUT2D eigenvalue weighted by Crippen LogP contribution is -2.34. The lowest BCUT2D eigenvalue weighted by Gasteiger charge is -2.31. The van der Waals surface area contributed by atoms with Crippen LogP contribution in [0.1, 0.15) is 41.8 Å². The van der Waals surface area contributed by atoms with Crippen LogP contribution in [0, 0.1) is 6.92 Å². The highest BCUT2D eigenvalue weighted by molar-refractivity contribution is 6.01. The van der Waals surface area contributed by atoms with Crippen LogP contribution in [0.15, 0.2) is 42.5 Å². The van der Waals surface area contributed by atoms with E-state index in [-0.39, 0.29) is 11.9 Å². The van der Waals surface area contributed by atoms with Gasteiger partial charge in [-0.15, -0.1) is 0 Å². The van der Waals surface area contributed by atoms with Crippen LogP contribution in [0.5, 0.6) is 5.75 Å². The number of ketones is 1. The normalized spacial score (nSPS) is 13.8. The molecule has 3 rings (SSSR count). The Balaban J connectivity index is 1.85. The van der Waals surface area contributed by atoms with Crippen LogP contribution < -0.4 is 9.64 Å². The average Bonchev–Trinajstić information content (AvgIpc) is 2.56. The van der Waals surface area contributed by atoms with Crippen molar-refractivity contribution in [3.05, 3.63) is 59.2 Å². The Morgan fingerprint density at radius 2 is 2.00 bits per heavy atom. The highest BCUT2D eigenvalue weighted by Gasteiger charge is 2.21. The lowest BCUT2D eigenvalue weighted by atomic mass is 10.00. The number of nitrogens with zero attached hydrogens (tertiary/aromatic N) is 1. The molecule has 2 aromatic carbocycles. The molecular formula is C21H25NO2. The van der Waals surface area contributed by atoms with Gasteiger partial charge < -0.3 is 9.64 Å².